The molecule has 0 saturated carbocycles. The predicted molar refractivity (Wildman–Crippen MR) is 90.3 cm³/mol. The molecule has 1 unspecified atom stereocenters. The summed E-state index contributed by atoms with van der Waals surface area (Å²) in [6.45, 7) is 7.14. The lowest BCUT2D eigenvalue weighted by Gasteiger charge is -2.14. The van der Waals surface area contributed by atoms with Gasteiger partial charge in [-0.3, -0.25) is 4.79 Å². The van der Waals surface area contributed by atoms with Gasteiger partial charge in [0, 0.05) is 12.1 Å². The Balaban J connectivity index is 2.76. The molecule has 130 valence electrons. The molecule has 2 N–H and O–H groups in total. The molecule has 0 aliphatic rings. The lowest BCUT2D eigenvalue weighted by Crippen LogP contribution is -2.35. The number of amides is 1. The highest BCUT2D eigenvalue weighted by molar-refractivity contribution is 7.89. The zero-order valence-electron chi connectivity index (χ0n) is 13.7. The van der Waals surface area contributed by atoms with Crippen LogP contribution in [-0.2, 0) is 14.8 Å². The van der Waals surface area contributed by atoms with Crippen LogP contribution < -0.4 is 14.8 Å². The Kier molecular flexibility index (Phi) is 7.31. The van der Waals surface area contributed by atoms with Crippen molar-refractivity contribution in [3.05, 3.63) is 23.2 Å². The quantitative estimate of drug-likeness (QED) is 0.743. The number of carbonyl (C=O) groups is 1. The van der Waals surface area contributed by atoms with E-state index in [1.807, 2.05) is 13.8 Å². The van der Waals surface area contributed by atoms with Crippen LogP contribution in [0.5, 0.6) is 5.75 Å². The zero-order valence-corrected chi connectivity index (χ0v) is 15.3. The van der Waals surface area contributed by atoms with Crippen LogP contribution in [0.1, 0.15) is 34.1 Å². The molecule has 0 bridgehead atoms. The SMILES string of the molecule is CCC(C)NC(=O)COc1ccc(S(=O)(=O)NC(C)C)cc1Cl. The van der Waals surface area contributed by atoms with Crippen molar-refractivity contribution in [2.24, 2.45) is 0 Å². The second kappa shape index (κ2) is 8.52. The van der Waals surface area contributed by atoms with Gasteiger partial charge >= 0.3 is 0 Å². The van der Waals surface area contributed by atoms with Gasteiger partial charge in [-0.25, -0.2) is 13.1 Å². The van der Waals surface area contributed by atoms with Gasteiger partial charge in [0.2, 0.25) is 10.0 Å². The monoisotopic (exact) mass is 362 g/mol. The molecule has 0 aliphatic carbocycles. The standard InChI is InChI=1S/C15H23ClN2O4S/c1-5-11(4)17-15(19)9-22-14-7-6-12(8-13(14)16)23(20,21)18-10(2)3/h6-8,10-11,18H,5,9H2,1-4H3,(H,17,19). The van der Waals surface area contributed by atoms with Gasteiger partial charge in [-0.05, 0) is 45.4 Å². The predicted octanol–water partition coefficient (Wildman–Crippen LogP) is 2.32. The van der Waals surface area contributed by atoms with Crippen LogP contribution >= 0.6 is 11.6 Å². The van der Waals surface area contributed by atoms with Crippen LogP contribution in [0.25, 0.3) is 0 Å². The third kappa shape index (κ3) is 6.37. The van der Waals surface area contributed by atoms with Gasteiger partial charge in [0.1, 0.15) is 5.75 Å². The van der Waals surface area contributed by atoms with E-state index in [0.29, 0.717) is 0 Å². The maximum Gasteiger partial charge on any atom is 0.258 e. The highest BCUT2D eigenvalue weighted by Crippen LogP contribution is 2.27. The Labute approximate surface area is 142 Å². The van der Waals surface area contributed by atoms with E-state index in [9.17, 15) is 13.2 Å². The van der Waals surface area contributed by atoms with Gasteiger partial charge in [0.05, 0.1) is 9.92 Å². The van der Waals surface area contributed by atoms with Gasteiger partial charge in [0.15, 0.2) is 6.61 Å². The average Bonchev–Trinajstić information content (AvgIpc) is 2.44. The third-order valence-electron chi connectivity index (χ3n) is 2.98. The van der Waals surface area contributed by atoms with Crippen molar-refractivity contribution in [3.8, 4) is 5.75 Å². The van der Waals surface area contributed by atoms with Crippen LogP contribution in [0.15, 0.2) is 23.1 Å². The molecule has 0 saturated heterocycles. The average molecular weight is 363 g/mol. The van der Waals surface area contributed by atoms with Crippen molar-refractivity contribution in [1.82, 2.24) is 10.0 Å². The van der Waals surface area contributed by atoms with Crippen LogP contribution in [0.3, 0.4) is 0 Å². The Morgan fingerprint density at radius 1 is 1.30 bits per heavy atom. The molecule has 0 aromatic heterocycles. The molecule has 0 aliphatic heterocycles. The topological polar surface area (TPSA) is 84.5 Å². The van der Waals surface area contributed by atoms with E-state index in [0.717, 1.165) is 6.42 Å². The molecule has 23 heavy (non-hydrogen) atoms. The van der Waals surface area contributed by atoms with E-state index in [1.165, 1.54) is 18.2 Å². The number of ether oxygens (including phenoxy) is 1. The molecular weight excluding hydrogens is 340 g/mol. The molecule has 1 aromatic carbocycles. The maximum atomic E-state index is 12.1. The second-order valence-electron chi connectivity index (χ2n) is 5.53. The Hall–Kier alpha value is -1.31. The summed E-state index contributed by atoms with van der Waals surface area (Å²) in [6, 6.07) is 3.97. The van der Waals surface area contributed by atoms with E-state index in [1.54, 1.807) is 13.8 Å². The van der Waals surface area contributed by atoms with Crippen LogP contribution in [0.2, 0.25) is 5.02 Å². The zero-order chi connectivity index (χ0) is 17.6. The lowest BCUT2D eigenvalue weighted by molar-refractivity contribution is -0.123. The van der Waals surface area contributed by atoms with Crippen LogP contribution in [0.4, 0.5) is 0 Å². The summed E-state index contributed by atoms with van der Waals surface area (Å²) in [5.74, 6) is 0.00283. The van der Waals surface area contributed by atoms with Crippen molar-refractivity contribution in [2.45, 2.75) is 51.1 Å². The Morgan fingerprint density at radius 3 is 2.48 bits per heavy atom. The van der Waals surface area contributed by atoms with Crippen molar-refractivity contribution in [3.63, 3.8) is 0 Å². The number of hydrogen-bond acceptors (Lipinski definition) is 4. The number of halogens is 1. The summed E-state index contributed by atoms with van der Waals surface area (Å²) in [6.07, 6.45) is 0.821. The minimum Gasteiger partial charge on any atom is -0.482 e. The molecular formula is C15H23ClN2O4S. The summed E-state index contributed by atoms with van der Waals surface area (Å²) in [4.78, 5) is 11.7. The largest absolute Gasteiger partial charge is 0.482 e. The minimum absolute atomic E-state index is 0.0487. The van der Waals surface area contributed by atoms with E-state index in [2.05, 4.69) is 10.0 Å². The summed E-state index contributed by atoms with van der Waals surface area (Å²) < 4.78 is 31.9. The van der Waals surface area contributed by atoms with Crippen molar-refractivity contribution < 1.29 is 17.9 Å². The first kappa shape index (κ1) is 19.7. The molecule has 1 rings (SSSR count). The molecule has 1 aromatic rings. The molecule has 8 heteroatoms. The molecule has 0 heterocycles. The number of benzene rings is 1. The fourth-order valence-electron chi connectivity index (χ4n) is 1.71. The van der Waals surface area contributed by atoms with Gasteiger partial charge in [-0.15, -0.1) is 0 Å². The van der Waals surface area contributed by atoms with Gasteiger partial charge < -0.3 is 10.1 Å². The van der Waals surface area contributed by atoms with Crippen LogP contribution in [-0.4, -0.2) is 33.0 Å². The smallest absolute Gasteiger partial charge is 0.258 e. The van der Waals surface area contributed by atoms with Gasteiger partial charge in [-0.2, -0.15) is 0 Å². The minimum atomic E-state index is -3.62. The first-order valence-electron chi connectivity index (χ1n) is 7.39. The van der Waals surface area contributed by atoms with Crippen molar-refractivity contribution in [2.75, 3.05) is 6.61 Å². The first-order chi connectivity index (χ1) is 10.7. The number of carbonyl (C=O) groups excluding carboxylic acids is 1. The summed E-state index contributed by atoms with van der Waals surface area (Å²) >= 11 is 6.04. The van der Waals surface area contributed by atoms with Gasteiger partial charge in [-0.1, -0.05) is 18.5 Å². The van der Waals surface area contributed by atoms with Crippen LogP contribution in [0, 0.1) is 0 Å². The molecule has 0 fully saturated rings. The van der Waals surface area contributed by atoms with E-state index in [-0.39, 0.29) is 40.3 Å². The third-order valence-corrected chi connectivity index (χ3v) is 4.93. The Morgan fingerprint density at radius 2 is 1.96 bits per heavy atom. The van der Waals surface area contributed by atoms with E-state index < -0.39 is 10.0 Å². The van der Waals surface area contributed by atoms with E-state index >= 15 is 0 Å². The normalized spacial score (nSPS) is 13.0. The molecule has 1 atom stereocenters. The molecule has 6 nitrogen and oxygen atoms in total. The highest BCUT2D eigenvalue weighted by Gasteiger charge is 2.17. The fraction of sp³-hybridized carbons (Fsp3) is 0.533. The number of nitrogens with one attached hydrogen (secondary N) is 2. The molecule has 0 spiro atoms. The number of hydrogen-bond donors (Lipinski definition) is 2. The highest BCUT2D eigenvalue weighted by atomic mass is 35.5. The van der Waals surface area contributed by atoms with Gasteiger partial charge in [0.25, 0.3) is 5.91 Å². The first-order valence-corrected chi connectivity index (χ1v) is 9.25. The fourth-order valence-corrected chi connectivity index (χ4v) is 3.28. The second-order valence-corrected chi connectivity index (χ2v) is 7.65. The Bertz CT molecular complexity index is 647. The summed E-state index contributed by atoms with van der Waals surface area (Å²) in [7, 11) is -3.62. The summed E-state index contributed by atoms with van der Waals surface area (Å²) in [5, 5.41) is 2.90. The number of sulfonamides is 1. The molecule has 0 radical (unpaired) electrons. The summed E-state index contributed by atoms with van der Waals surface area (Å²) in [5.41, 5.74) is 0. The molecule has 1 amide bonds. The number of rotatable bonds is 8. The maximum absolute atomic E-state index is 12.1. The van der Waals surface area contributed by atoms with Crippen molar-refractivity contribution in [1.29, 1.82) is 0 Å². The van der Waals surface area contributed by atoms with E-state index in [4.69, 9.17) is 16.3 Å². The lowest BCUT2D eigenvalue weighted by atomic mass is 10.2. The van der Waals surface area contributed by atoms with Crippen molar-refractivity contribution >= 4 is 27.5 Å².